The van der Waals surface area contributed by atoms with Gasteiger partial charge in [-0.1, -0.05) is 24.3 Å². The molecule has 1 N–H and O–H groups in total. The van der Waals surface area contributed by atoms with Crippen molar-refractivity contribution in [3.63, 3.8) is 0 Å². The van der Waals surface area contributed by atoms with Crippen molar-refractivity contribution < 1.29 is 14.3 Å². The Balaban J connectivity index is 1.27. The van der Waals surface area contributed by atoms with Crippen molar-refractivity contribution >= 4 is 17.3 Å². The molecule has 2 aromatic carbocycles. The van der Waals surface area contributed by atoms with Crippen LogP contribution in [0, 0.1) is 0 Å². The van der Waals surface area contributed by atoms with Gasteiger partial charge in [0.15, 0.2) is 11.5 Å². The van der Waals surface area contributed by atoms with Gasteiger partial charge in [-0.15, -0.1) is 0 Å². The van der Waals surface area contributed by atoms with Crippen LogP contribution < -0.4 is 14.8 Å². The fraction of sp³-hybridized carbons (Fsp3) is 0.217. The van der Waals surface area contributed by atoms with Gasteiger partial charge in [-0.05, 0) is 41.8 Å². The van der Waals surface area contributed by atoms with E-state index in [9.17, 15) is 4.79 Å². The number of hydrogen-bond donors (Lipinski definition) is 1. The number of ether oxygens (including phenoxy) is 2. The SMILES string of the molecule is O=C(c1ccc(Nc2ccc3c(c2)OCCO3)cn1)N1CCc2ccccc2C1. The van der Waals surface area contributed by atoms with Gasteiger partial charge < -0.3 is 19.7 Å². The molecule has 0 atom stereocenters. The number of carbonyl (C=O) groups is 1. The maximum atomic E-state index is 12.9. The number of nitrogens with zero attached hydrogens (tertiary/aromatic N) is 2. The zero-order chi connectivity index (χ0) is 19.6. The monoisotopic (exact) mass is 387 g/mol. The van der Waals surface area contributed by atoms with Gasteiger partial charge in [-0.3, -0.25) is 4.79 Å². The minimum Gasteiger partial charge on any atom is -0.486 e. The maximum Gasteiger partial charge on any atom is 0.272 e. The van der Waals surface area contributed by atoms with E-state index in [0.29, 0.717) is 32.0 Å². The van der Waals surface area contributed by atoms with Gasteiger partial charge in [-0.2, -0.15) is 0 Å². The Hall–Kier alpha value is -3.54. The van der Waals surface area contributed by atoms with Crippen molar-refractivity contribution in [1.82, 2.24) is 9.88 Å². The standard InChI is InChI=1S/C23H21N3O3/c27-23(26-10-9-16-3-1-2-4-17(16)15-26)20-7-5-19(14-24-20)25-18-6-8-21-22(13-18)29-12-11-28-21/h1-8,13-14,25H,9-12,15H2. The number of hydrogen-bond acceptors (Lipinski definition) is 5. The van der Waals surface area contributed by atoms with Crippen LogP contribution in [0.1, 0.15) is 21.6 Å². The molecule has 0 radical (unpaired) electrons. The summed E-state index contributed by atoms with van der Waals surface area (Å²) < 4.78 is 11.2. The molecule has 1 aromatic heterocycles. The van der Waals surface area contributed by atoms with E-state index in [0.717, 1.165) is 29.3 Å². The van der Waals surface area contributed by atoms with Crippen LogP contribution in [-0.2, 0) is 13.0 Å². The van der Waals surface area contributed by atoms with Gasteiger partial charge in [0.25, 0.3) is 5.91 Å². The molecule has 2 aliphatic rings. The lowest BCUT2D eigenvalue weighted by atomic mass is 10.00. The molecule has 6 nitrogen and oxygen atoms in total. The van der Waals surface area contributed by atoms with Crippen molar-refractivity contribution in [2.24, 2.45) is 0 Å². The Kier molecular flexibility index (Phi) is 4.52. The first-order valence-electron chi connectivity index (χ1n) is 9.75. The van der Waals surface area contributed by atoms with E-state index in [4.69, 9.17) is 9.47 Å². The quantitative estimate of drug-likeness (QED) is 0.741. The van der Waals surface area contributed by atoms with Crippen molar-refractivity contribution in [2.45, 2.75) is 13.0 Å². The lowest BCUT2D eigenvalue weighted by molar-refractivity contribution is 0.0729. The Labute approximate surface area is 169 Å². The second-order valence-electron chi connectivity index (χ2n) is 7.16. The summed E-state index contributed by atoms with van der Waals surface area (Å²) in [5.74, 6) is 1.45. The van der Waals surface area contributed by atoms with Crippen molar-refractivity contribution in [3.05, 3.63) is 77.6 Å². The van der Waals surface area contributed by atoms with Gasteiger partial charge in [0.05, 0.1) is 11.9 Å². The summed E-state index contributed by atoms with van der Waals surface area (Å²) in [4.78, 5) is 19.1. The number of pyridine rings is 1. The number of nitrogens with one attached hydrogen (secondary N) is 1. The molecule has 0 spiro atoms. The van der Waals surface area contributed by atoms with E-state index >= 15 is 0 Å². The van der Waals surface area contributed by atoms with Gasteiger partial charge >= 0.3 is 0 Å². The van der Waals surface area contributed by atoms with Crippen LogP contribution >= 0.6 is 0 Å². The predicted octanol–water partition coefficient (Wildman–Crippen LogP) is 3.79. The molecule has 146 valence electrons. The normalized spacial score (nSPS) is 14.8. The predicted molar refractivity (Wildman–Crippen MR) is 110 cm³/mol. The third-order valence-corrected chi connectivity index (χ3v) is 5.23. The number of anilines is 2. The summed E-state index contributed by atoms with van der Waals surface area (Å²) in [5.41, 5.74) is 4.68. The number of aromatic nitrogens is 1. The number of benzene rings is 2. The Morgan fingerprint density at radius 2 is 1.72 bits per heavy atom. The molecule has 0 saturated carbocycles. The van der Waals surface area contributed by atoms with Crippen LogP contribution in [0.4, 0.5) is 11.4 Å². The van der Waals surface area contributed by atoms with Crippen molar-refractivity contribution in [2.75, 3.05) is 25.1 Å². The lowest BCUT2D eigenvalue weighted by Crippen LogP contribution is -2.36. The first-order valence-corrected chi connectivity index (χ1v) is 9.75. The third-order valence-electron chi connectivity index (χ3n) is 5.23. The zero-order valence-electron chi connectivity index (χ0n) is 15.9. The van der Waals surface area contributed by atoms with E-state index in [1.807, 2.05) is 41.3 Å². The highest BCUT2D eigenvalue weighted by molar-refractivity contribution is 5.92. The molecular formula is C23H21N3O3. The first kappa shape index (κ1) is 17.6. The Morgan fingerprint density at radius 3 is 2.55 bits per heavy atom. The van der Waals surface area contributed by atoms with Crippen LogP contribution in [0.25, 0.3) is 0 Å². The summed E-state index contributed by atoms with van der Waals surface area (Å²) in [6, 6.07) is 17.6. The van der Waals surface area contributed by atoms with E-state index in [2.05, 4.69) is 22.4 Å². The minimum absolute atomic E-state index is 0.0367. The van der Waals surface area contributed by atoms with Gasteiger partial charge in [-0.25, -0.2) is 4.98 Å². The largest absolute Gasteiger partial charge is 0.486 e. The molecule has 3 heterocycles. The molecule has 0 unspecified atom stereocenters. The summed E-state index contributed by atoms with van der Waals surface area (Å²) in [6.45, 7) is 2.47. The molecule has 5 rings (SSSR count). The highest BCUT2D eigenvalue weighted by atomic mass is 16.6. The van der Waals surface area contributed by atoms with Crippen LogP contribution in [-0.4, -0.2) is 35.5 Å². The van der Waals surface area contributed by atoms with Gasteiger partial charge in [0.2, 0.25) is 0 Å². The number of amides is 1. The lowest BCUT2D eigenvalue weighted by Gasteiger charge is -2.28. The average molecular weight is 387 g/mol. The highest BCUT2D eigenvalue weighted by Gasteiger charge is 2.22. The highest BCUT2D eigenvalue weighted by Crippen LogP contribution is 2.33. The minimum atomic E-state index is -0.0367. The molecule has 0 fully saturated rings. The maximum absolute atomic E-state index is 12.9. The molecule has 0 bridgehead atoms. The first-order chi connectivity index (χ1) is 14.3. The van der Waals surface area contributed by atoms with E-state index < -0.39 is 0 Å². The van der Waals surface area contributed by atoms with Crippen LogP contribution in [0.3, 0.4) is 0 Å². The van der Waals surface area contributed by atoms with E-state index in [1.165, 1.54) is 11.1 Å². The number of carbonyl (C=O) groups excluding carboxylic acids is 1. The second kappa shape index (κ2) is 7.47. The molecule has 0 saturated heterocycles. The average Bonchev–Trinajstić information content (AvgIpc) is 2.79. The molecule has 29 heavy (non-hydrogen) atoms. The van der Waals surface area contributed by atoms with Crippen molar-refractivity contribution in [3.8, 4) is 11.5 Å². The molecule has 1 amide bonds. The van der Waals surface area contributed by atoms with Crippen LogP contribution in [0.5, 0.6) is 11.5 Å². The molecule has 0 aliphatic carbocycles. The van der Waals surface area contributed by atoms with Crippen LogP contribution in [0.15, 0.2) is 60.8 Å². The summed E-state index contributed by atoms with van der Waals surface area (Å²) >= 11 is 0. The number of fused-ring (bicyclic) bond motifs is 2. The smallest absolute Gasteiger partial charge is 0.272 e. The number of rotatable bonds is 3. The topological polar surface area (TPSA) is 63.7 Å². The van der Waals surface area contributed by atoms with Crippen molar-refractivity contribution in [1.29, 1.82) is 0 Å². The van der Waals surface area contributed by atoms with Gasteiger partial charge in [0.1, 0.15) is 18.9 Å². The zero-order valence-corrected chi connectivity index (χ0v) is 15.9. The molecule has 3 aromatic rings. The van der Waals surface area contributed by atoms with Gasteiger partial charge in [0, 0.05) is 24.8 Å². The fourth-order valence-corrected chi connectivity index (χ4v) is 3.71. The molecule has 2 aliphatic heterocycles. The Bertz CT molecular complexity index is 1050. The second-order valence-corrected chi connectivity index (χ2v) is 7.16. The summed E-state index contributed by atoms with van der Waals surface area (Å²) in [5, 5.41) is 3.29. The molecular weight excluding hydrogens is 366 g/mol. The fourth-order valence-electron chi connectivity index (χ4n) is 3.71. The Morgan fingerprint density at radius 1 is 0.931 bits per heavy atom. The van der Waals surface area contributed by atoms with Crippen LogP contribution in [0.2, 0.25) is 0 Å². The molecule has 6 heteroatoms. The van der Waals surface area contributed by atoms with E-state index in [-0.39, 0.29) is 5.91 Å². The van der Waals surface area contributed by atoms with E-state index in [1.54, 1.807) is 12.3 Å². The summed E-state index contributed by atoms with van der Waals surface area (Å²) in [7, 11) is 0. The third kappa shape index (κ3) is 3.61. The summed E-state index contributed by atoms with van der Waals surface area (Å²) in [6.07, 6.45) is 2.56.